The number of benzene rings is 2. The predicted octanol–water partition coefficient (Wildman–Crippen LogP) is 8.85. The fourth-order valence-corrected chi connectivity index (χ4v) is 6.64. The zero-order valence-electron chi connectivity index (χ0n) is 22.3. The van der Waals surface area contributed by atoms with Crippen molar-refractivity contribution in [3.8, 4) is 5.75 Å². The summed E-state index contributed by atoms with van der Waals surface area (Å²) in [6.07, 6.45) is 3.57. The SMILES string of the molecule is CCc1cccc(CC)c1N1[CH-]C(C)(C)CC1(C)C.Cc1ccc(OC(C)C)c([CH]=[Ru]([Cl])[Cl])c1. The van der Waals surface area contributed by atoms with Crippen LogP contribution in [-0.2, 0) is 26.4 Å². The van der Waals surface area contributed by atoms with Gasteiger partial charge >= 0.3 is 104 Å². The van der Waals surface area contributed by atoms with Crippen LogP contribution >= 0.6 is 19.4 Å². The van der Waals surface area contributed by atoms with Crippen LogP contribution < -0.4 is 9.64 Å². The van der Waals surface area contributed by atoms with Gasteiger partial charge in [0.1, 0.15) is 0 Å². The first-order valence-electron chi connectivity index (χ1n) is 12.2. The van der Waals surface area contributed by atoms with Crippen LogP contribution in [0.15, 0.2) is 36.4 Å². The van der Waals surface area contributed by atoms with Gasteiger partial charge in [-0.15, -0.1) is 5.41 Å². The fourth-order valence-electron chi connectivity index (χ4n) is 4.85. The van der Waals surface area contributed by atoms with Gasteiger partial charge in [0.05, 0.1) is 0 Å². The molecule has 0 N–H and O–H groups in total. The second-order valence-corrected chi connectivity index (χ2v) is 16.3. The number of hydrogen-bond acceptors (Lipinski definition) is 2. The molecule has 0 aliphatic carbocycles. The average molecular weight is 593 g/mol. The Balaban J connectivity index is 0.000000248. The van der Waals surface area contributed by atoms with Gasteiger partial charge in [0.2, 0.25) is 0 Å². The third-order valence-corrected chi connectivity index (χ3v) is 7.77. The van der Waals surface area contributed by atoms with Crippen LogP contribution in [0.25, 0.3) is 0 Å². The normalized spacial score (nSPS) is 16.7. The summed E-state index contributed by atoms with van der Waals surface area (Å²) in [7, 11) is 11.7. The number of hydrogen-bond donors (Lipinski definition) is 0. The first-order chi connectivity index (χ1) is 15.8. The Morgan fingerprint density at radius 1 is 1.06 bits per heavy atom. The second kappa shape index (κ2) is 12.4. The predicted molar refractivity (Wildman–Crippen MR) is 148 cm³/mol. The Labute approximate surface area is 221 Å². The third kappa shape index (κ3) is 8.07. The Hall–Kier alpha value is -0.887. The van der Waals surface area contributed by atoms with E-state index in [0.29, 0.717) is 0 Å². The summed E-state index contributed by atoms with van der Waals surface area (Å²) in [4.78, 5) is 2.55. The van der Waals surface area contributed by atoms with E-state index < -0.39 is 13.5 Å². The van der Waals surface area contributed by atoms with Gasteiger partial charge in [0.15, 0.2) is 0 Å². The molecule has 0 saturated carbocycles. The standard InChI is InChI=1S/C18H28N.C11H14O.2ClH.Ru/c1-7-14-10-9-11-15(8-2)16(14)19-13-17(3,4)12-18(19,5)6;1-8(2)12-11-6-5-9(3)7-10(11)4;;;/h9-11,13H,7-8,12H2,1-6H3;4-8H,1-3H3;2*1H;/q-1;;;;+2/p-2. The molecule has 0 spiro atoms. The number of ether oxygens (including phenoxy) is 1. The van der Waals surface area contributed by atoms with Gasteiger partial charge in [-0.2, -0.15) is 0 Å². The van der Waals surface area contributed by atoms with Crippen molar-refractivity contribution in [1.82, 2.24) is 0 Å². The summed E-state index contributed by atoms with van der Waals surface area (Å²) >= 11 is -1.79. The van der Waals surface area contributed by atoms with Crippen molar-refractivity contribution in [2.24, 2.45) is 5.41 Å². The van der Waals surface area contributed by atoms with Crippen molar-refractivity contribution in [2.75, 3.05) is 4.90 Å². The van der Waals surface area contributed by atoms with Crippen molar-refractivity contribution in [3.05, 3.63) is 65.2 Å². The minimum absolute atomic E-state index is 0.158. The molecule has 3 rings (SSSR count). The third-order valence-electron chi connectivity index (χ3n) is 5.94. The second-order valence-electron chi connectivity index (χ2n) is 10.6. The molecule has 2 nitrogen and oxygen atoms in total. The molecule has 34 heavy (non-hydrogen) atoms. The first-order valence-corrected chi connectivity index (χ1v) is 17.6. The topological polar surface area (TPSA) is 12.5 Å². The summed E-state index contributed by atoms with van der Waals surface area (Å²) in [6.45, 7) is 22.4. The quantitative estimate of drug-likeness (QED) is 0.246. The molecule has 5 heteroatoms. The Morgan fingerprint density at radius 3 is 2.09 bits per heavy atom. The van der Waals surface area contributed by atoms with Crippen molar-refractivity contribution in [3.63, 3.8) is 0 Å². The van der Waals surface area contributed by atoms with E-state index in [-0.39, 0.29) is 17.1 Å². The minimum atomic E-state index is -1.79. The molecule has 1 aliphatic rings. The molecule has 0 amide bonds. The molecule has 0 atom stereocenters. The van der Waals surface area contributed by atoms with Crippen molar-refractivity contribution in [2.45, 2.75) is 93.2 Å². The molecule has 1 heterocycles. The van der Waals surface area contributed by atoms with Gasteiger partial charge in [-0.25, -0.2) is 6.54 Å². The molecule has 2 aromatic rings. The Bertz CT molecular complexity index is 971. The molecule has 1 fully saturated rings. The maximum absolute atomic E-state index is 5.87. The molecule has 1 saturated heterocycles. The summed E-state index contributed by atoms with van der Waals surface area (Å²) < 4.78 is 7.59. The molecule has 0 aromatic heterocycles. The average Bonchev–Trinajstić information content (AvgIpc) is 2.95. The molecule has 0 bridgehead atoms. The van der Waals surface area contributed by atoms with Crippen molar-refractivity contribution >= 4 is 29.7 Å². The van der Waals surface area contributed by atoms with E-state index in [1.54, 1.807) is 0 Å². The van der Waals surface area contributed by atoms with E-state index in [4.69, 9.17) is 24.1 Å². The number of anilines is 1. The molecular formula is C29H42Cl2NORu-. The van der Waals surface area contributed by atoms with Crippen LogP contribution in [0.5, 0.6) is 5.75 Å². The van der Waals surface area contributed by atoms with Gasteiger partial charge in [-0.3, -0.25) is 0 Å². The summed E-state index contributed by atoms with van der Waals surface area (Å²) in [5.41, 5.74) is 7.09. The molecule has 0 unspecified atom stereocenters. The van der Waals surface area contributed by atoms with Crippen LogP contribution in [0.4, 0.5) is 5.69 Å². The number of para-hydroxylation sites is 1. The molecule has 2 aromatic carbocycles. The van der Waals surface area contributed by atoms with Gasteiger partial charge in [-0.1, -0.05) is 52.3 Å². The van der Waals surface area contributed by atoms with Gasteiger partial charge in [0.25, 0.3) is 0 Å². The van der Waals surface area contributed by atoms with Crippen LogP contribution in [-0.4, -0.2) is 16.3 Å². The van der Waals surface area contributed by atoms with Crippen LogP contribution in [0.2, 0.25) is 0 Å². The Morgan fingerprint density at radius 2 is 1.65 bits per heavy atom. The molecule has 1 aliphatic heterocycles. The summed E-state index contributed by atoms with van der Waals surface area (Å²) in [5.74, 6) is 0.857. The van der Waals surface area contributed by atoms with E-state index in [2.05, 4.69) is 71.2 Å². The summed E-state index contributed by atoms with van der Waals surface area (Å²) in [6, 6.07) is 12.8. The van der Waals surface area contributed by atoms with Gasteiger partial charge in [0, 0.05) is 11.2 Å². The zero-order chi connectivity index (χ0) is 25.7. The van der Waals surface area contributed by atoms with Gasteiger partial charge < -0.3 is 4.90 Å². The Kier molecular flexibility index (Phi) is 10.7. The monoisotopic (exact) mass is 592 g/mol. The number of halogens is 2. The van der Waals surface area contributed by atoms with E-state index in [9.17, 15) is 0 Å². The van der Waals surface area contributed by atoms with E-state index >= 15 is 0 Å². The van der Waals surface area contributed by atoms with E-state index in [1.165, 1.54) is 28.8 Å². The van der Waals surface area contributed by atoms with Crippen molar-refractivity contribution < 1.29 is 18.3 Å². The van der Waals surface area contributed by atoms with Crippen molar-refractivity contribution in [1.29, 1.82) is 0 Å². The molecular weight excluding hydrogens is 550 g/mol. The number of aryl methyl sites for hydroxylation is 3. The zero-order valence-corrected chi connectivity index (χ0v) is 25.5. The molecule has 192 valence electrons. The number of rotatable bonds is 6. The van der Waals surface area contributed by atoms with E-state index in [1.807, 2.05) is 43.6 Å². The van der Waals surface area contributed by atoms with Crippen LogP contribution in [0.1, 0.15) is 84.1 Å². The van der Waals surface area contributed by atoms with E-state index in [0.717, 1.165) is 24.2 Å². The summed E-state index contributed by atoms with van der Waals surface area (Å²) in [5, 5.41) is 0. The first kappa shape index (κ1) is 29.3. The fraction of sp³-hybridized carbons (Fsp3) is 0.517. The van der Waals surface area contributed by atoms with Gasteiger partial charge in [-0.05, 0) is 37.8 Å². The number of nitrogens with zero attached hydrogens (tertiary/aromatic N) is 1. The maximum atomic E-state index is 5.87. The molecule has 0 radical (unpaired) electrons. The van der Waals surface area contributed by atoms with Crippen LogP contribution in [0, 0.1) is 18.9 Å². The van der Waals surface area contributed by atoms with Crippen LogP contribution in [0.3, 0.4) is 0 Å².